The predicted octanol–water partition coefficient (Wildman–Crippen LogP) is 1.71. The van der Waals surface area contributed by atoms with E-state index in [-0.39, 0.29) is 0 Å². The highest BCUT2D eigenvalue weighted by molar-refractivity contribution is 5.52. The van der Waals surface area contributed by atoms with Crippen molar-refractivity contribution in [3.63, 3.8) is 0 Å². The van der Waals surface area contributed by atoms with E-state index in [9.17, 15) is 0 Å². The van der Waals surface area contributed by atoms with Crippen molar-refractivity contribution in [1.29, 1.82) is 0 Å². The van der Waals surface area contributed by atoms with Gasteiger partial charge >= 0.3 is 0 Å². The Bertz CT molecular complexity index is 537. The molecule has 2 unspecified atom stereocenters. The van der Waals surface area contributed by atoms with E-state index in [0.29, 0.717) is 24.3 Å². The fraction of sp³-hybridized carbons (Fsp3) is 0.417. The largest absolute Gasteiger partial charge is 0.334 e. The molecule has 2 aromatic rings. The van der Waals surface area contributed by atoms with Crippen molar-refractivity contribution in [2.45, 2.75) is 25.8 Å². The molecule has 1 aliphatic carbocycles. The molecule has 5 heteroatoms. The van der Waals surface area contributed by atoms with Gasteiger partial charge in [0.25, 0.3) is 5.89 Å². The molecule has 1 aliphatic rings. The number of hydrogen-bond acceptors (Lipinski definition) is 5. The fourth-order valence-corrected chi connectivity index (χ4v) is 1.91. The predicted molar refractivity (Wildman–Crippen MR) is 61.9 cm³/mol. The maximum Gasteiger partial charge on any atom is 0.258 e. The third kappa shape index (κ3) is 1.93. The minimum atomic E-state index is 0.411. The van der Waals surface area contributed by atoms with Gasteiger partial charge in [-0.15, -0.1) is 0 Å². The van der Waals surface area contributed by atoms with Crippen LogP contribution in [0.2, 0.25) is 0 Å². The summed E-state index contributed by atoms with van der Waals surface area (Å²) in [5.41, 5.74) is 7.25. The van der Waals surface area contributed by atoms with E-state index in [2.05, 4.69) is 22.0 Å². The molecule has 0 spiro atoms. The van der Waals surface area contributed by atoms with Gasteiger partial charge in [0.15, 0.2) is 5.82 Å². The second kappa shape index (κ2) is 3.92. The fourth-order valence-electron chi connectivity index (χ4n) is 1.91. The van der Waals surface area contributed by atoms with E-state index in [4.69, 9.17) is 10.3 Å². The molecule has 0 amide bonds. The van der Waals surface area contributed by atoms with E-state index in [1.165, 1.54) is 0 Å². The molecule has 0 saturated heterocycles. The molecule has 2 N–H and O–H groups in total. The SMILES string of the molecule is CC1CC1c1noc(-c2ccnc(CN)c2)n1. The van der Waals surface area contributed by atoms with Crippen LogP contribution in [0.15, 0.2) is 22.9 Å². The van der Waals surface area contributed by atoms with Crippen molar-refractivity contribution < 1.29 is 4.52 Å². The van der Waals surface area contributed by atoms with E-state index < -0.39 is 0 Å². The van der Waals surface area contributed by atoms with Crippen LogP contribution in [0.4, 0.5) is 0 Å². The van der Waals surface area contributed by atoms with Crippen LogP contribution in [0.5, 0.6) is 0 Å². The summed E-state index contributed by atoms with van der Waals surface area (Å²) in [5, 5.41) is 4.02. The summed E-state index contributed by atoms with van der Waals surface area (Å²) >= 11 is 0. The molecule has 88 valence electrons. The number of aromatic nitrogens is 3. The summed E-state index contributed by atoms with van der Waals surface area (Å²) in [5.74, 6) is 2.52. The highest BCUT2D eigenvalue weighted by atomic mass is 16.5. The van der Waals surface area contributed by atoms with Crippen molar-refractivity contribution in [1.82, 2.24) is 15.1 Å². The minimum absolute atomic E-state index is 0.411. The van der Waals surface area contributed by atoms with Gasteiger partial charge in [-0.2, -0.15) is 4.98 Å². The van der Waals surface area contributed by atoms with Crippen LogP contribution in [0.1, 0.15) is 30.8 Å². The lowest BCUT2D eigenvalue weighted by molar-refractivity contribution is 0.422. The Balaban J connectivity index is 1.90. The smallest absolute Gasteiger partial charge is 0.258 e. The standard InChI is InChI=1S/C12H14N4O/c1-7-4-10(7)11-15-12(17-16-11)8-2-3-14-9(5-8)6-13/h2-3,5,7,10H,4,6,13H2,1H3. The van der Waals surface area contributed by atoms with Gasteiger partial charge in [-0.3, -0.25) is 4.98 Å². The van der Waals surface area contributed by atoms with Gasteiger partial charge in [0.05, 0.1) is 5.69 Å². The Morgan fingerprint density at radius 1 is 1.53 bits per heavy atom. The Morgan fingerprint density at radius 3 is 3.06 bits per heavy atom. The Morgan fingerprint density at radius 2 is 2.35 bits per heavy atom. The first-order chi connectivity index (χ1) is 8.28. The molecule has 1 saturated carbocycles. The Hall–Kier alpha value is -1.75. The lowest BCUT2D eigenvalue weighted by atomic mass is 10.2. The molecule has 1 fully saturated rings. The lowest BCUT2D eigenvalue weighted by Gasteiger charge is -1.97. The highest BCUT2D eigenvalue weighted by Crippen LogP contribution is 2.45. The van der Waals surface area contributed by atoms with Gasteiger partial charge < -0.3 is 10.3 Å². The monoisotopic (exact) mass is 230 g/mol. The molecule has 0 bridgehead atoms. The normalized spacial score (nSPS) is 22.7. The van der Waals surface area contributed by atoms with Crippen molar-refractivity contribution in [2.75, 3.05) is 0 Å². The van der Waals surface area contributed by atoms with E-state index in [0.717, 1.165) is 23.5 Å². The molecule has 17 heavy (non-hydrogen) atoms. The van der Waals surface area contributed by atoms with E-state index in [1.54, 1.807) is 6.20 Å². The number of hydrogen-bond donors (Lipinski definition) is 1. The van der Waals surface area contributed by atoms with Gasteiger partial charge in [-0.1, -0.05) is 12.1 Å². The lowest BCUT2D eigenvalue weighted by Crippen LogP contribution is -1.99. The quantitative estimate of drug-likeness (QED) is 0.868. The molecule has 5 nitrogen and oxygen atoms in total. The molecule has 2 atom stereocenters. The van der Waals surface area contributed by atoms with Crippen molar-refractivity contribution in [3.8, 4) is 11.5 Å². The Labute approximate surface area is 99.1 Å². The molecule has 0 aromatic carbocycles. The van der Waals surface area contributed by atoms with Gasteiger partial charge in [-0.25, -0.2) is 0 Å². The van der Waals surface area contributed by atoms with Crippen LogP contribution in [0, 0.1) is 5.92 Å². The zero-order valence-corrected chi connectivity index (χ0v) is 9.63. The maximum absolute atomic E-state index is 5.55. The van der Waals surface area contributed by atoms with Crippen molar-refractivity contribution in [3.05, 3.63) is 29.8 Å². The number of nitrogens with two attached hydrogens (primary N) is 1. The molecular weight excluding hydrogens is 216 g/mol. The number of nitrogens with zero attached hydrogens (tertiary/aromatic N) is 3. The third-order valence-electron chi connectivity index (χ3n) is 3.16. The zero-order chi connectivity index (χ0) is 11.8. The summed E-state index contributed by atoms with van der Waals surface area (Å²) in [6.07, 6.45) is 2.87. The first-order valence-electron chi connectivity index (χ1n) is 5.77. The summed E-state index contributed by atoms with van der Waals surface area (Å²) in [6.45, 7) is 2.61. The zero-order valence-electron chi connectivity index (χ0n) is 9.63. The second-order valence-electron chi connectivity index (χ2n) is 4.52. The first-order valence-corrected chi connectivity index (χ1v) is 5.77. The van der Waals surface area contributed by atoms with Crippen LogP contribution in [-0.4, -0.2) is 15.1 Å². The summed E-state index contributed by atoms with van der Waals surface area (Å²) in [6, 6.07) is 3.74. The Kier molecular flexibility index (Phi) is 2.40. The topological polar surface area (TPSA) is 77.8 Å². The van der Waals surface area contributed by atoms with Crippen LogP contribution in [0.25, 0.3) is 11.5 Å². The van der Waals surface area contributed by atoms with Crippen molar-refractivity contribution >= 4 is 0 Å². The molecule has 3 rings (SSSR count). The van der Waals surface area contributed by atoms with Gasteiger partial charge in [0.2, 0.25) is 0 Å². The summed E-state index contributed by atoms with van der Waals surface area (Å²) < 4.78 is 5.27. The highest BCUT2D eigenvalue weighted by Gasteiger charge is 2.38. The minimum Gasteiger partial charge on any atom is -0.334 e. The average molecular weight is 230 g/mol. The molecule has 2 aromatic heterocycles. The third-order valence-corrected chi connectivity index (χ3v) is 3.16. The first kappa shape index (κ1) is 10.4. The number of rotatable bonds is 3. The average Bonchev–Trinajstić information content (AvgIpc) is 2.92. The number of pyridine rings is 1. The van der Waals surface area contributed by atoms with Crippen LogP contribution in [0.3, 0.4) is 0 Å². The van der Waals surface area contributed by atoms with Crippen LogP contribution < -0.4 is 5.73 Å². The van der Waals surface area contributed by atoms with E-state index in [1.807, 2.05) is 12.1 Å². The van der Waals surface area contributed by atoms with Crippen LogP contribution in [-0.2, 0) is 6.54 Å². The van der Waals surface area contributed by atoms with E-state index >= 15 is 0 Å². The maximum atomic E-state index is 5.55. The summed E-state index contributed by atoms with van der Waals surface area (Å²) in [7, 11) is 0. The van der Waals surface area contributed by atoms with Gasteiger partial charge in [0, 0.05) is 24.2 Å². The summed E-state index contributed by atoms with van der Waals surface area (Å²) in [4.78, 5) is 8.56. The van der Waals surface area contributed by atoms with Gasteiger partial charge in [-0.05, 0) is 24.5 Å². The van der Waals surface area contributed by atoms with Gasteiger partial charge in [0.1, 0.15) is 0 Å². The second-order valence-corrected chi connectivity index (χ2v) is 4.52. The van der Waals surface area contributed by atoms with Crippen LogP contribution >= 0.6 is 0 Å². The molecule has 0 aliphatic heterocycles. The molecule has 0 radical (unpaired) electrons. The molecular formula is C12H14N4O. The van der Waals surface area contributed by atoms with Crippen molar-refractivity contribution in [2.24, 2.45) is 11.7 Å². The molecule has 2 heterocycles.